The molecule has 0 radical (unpaired) electrons. The van der Waals surface area contributed by atoms with Crippen LogP contribution < -0.4 is 5.32 Å². The third kappa shape index (κ3) is 3.99. The molecule has 0 fully saturated rings. The van der Waals surface area contributed by atoms with Crippen LogP contribution in [0.5, 0.6) is 0 Å². The van der Waals surface area contributed by atoms with Gasteiger partial charge < -0.3 is 9.88 Å². The quantitative estimate of drug-likeness (QED) is 0.501. The molecule has 1 amide bonds. The minimum absolute atomic E-state index is 0.104. The fourth-order valence-electron chi connectivity index (χ4n) is 4.16. The molecule has 4 rings (SSSR count). The van der Waals surface area contributed by atoms with Crippen LogP contribution >= 0.6 is 27.3 Å². The summed E-state index contributed by atoms with van der Waals surface area (Å²) in [4.78, 5) is 14.0. The van der Waals surface area contributed by atoms with Gasteiger partial charge in [0.2, 0.25) is 5.91 Å². The minimum atomic E-state index is -0.104. The molecular weight excluding hydrogens is 446 g/mol. The molecule has 4 nitrogen and oxygen atoms in total. The van der Waals surface area contributed by atoms with Gasteiger partial charge in [-0.2, -0.15) is 5.26 Å². The van der Waals surface area contributed by atoms with Gasteiger partial charge in [0.25, 0.3) is 0 Å². The van der Waals surface area contributed by atoms with Crippen LogP contribution in [0.25, 0.3) is 10.9 Å². The van der Waals surface area contributed by atoms with E-state index in [4.69, 9.17) is 0 Å². The summed E-state index contributed by atoms with van der Waals surface area (Å²) in [7, 11) is 0. The van der Waals surface area contributed by atoms with Crippen molar-refractivity contribution >= 4 is 49.1 Å². The number of nitrogens with zero attached hydrogens (tertiary/aromatic N) is 2. The molecule has 1 aliphatic rings. The largest absolute Gasteiger partial charge is 0.338 e. The summed E-state index contributed by atoms with van der Waals surface area (Å²) in [6.07, 6.45) is 4.93. The second-order valence-electron chi connectivity index (χ2n) is 8.82. The van der Waals surface area contributed by atoms with Gasteiger partial charge in [-0.25, -0.2) is 0 Å². The van der Waals surface area contributed by atoms with Crippen molar-refractivity contribution in [3.8, 4) is 6.07 Å². The number of aromatic nitrogens is 1. The number of nitrogens with one attached hydrogen (secondary N) is 1. The number of hydrogen-bond acceptors (Lipinski definition) is 3. The van der Waals surface area contributed by atoms with Crippen molar-refractivity contribution < 1.29 is 4.79 Å². The summed E-state index contributed by atoms with van der Waals surface area (Å²) in [5.41, 5.74) is 3.07. The standard InChI is InChI=1S/C23H24BrN3OS/c1-23(2,3)15-4-6-17-18(12-25)22(29-20(17)11-15)26-21(28)13-27-9-8-14-10-16(24)5-7-19(14)27/h5,7-10,15H,4,6,11,13H2,1-3H3,(H,26,28). The summed E-state index contributed by atoms with van der Waals surface area (Å²) < 4.78 is 2.95. The second-order valence-corrected chi connectivity index (χ2v) is 10.8. The lowest BCUT2D eigenvalue weighted by molar-refractivity contribution is -0.116. The highest BCUT2D eigenvalue weighted by Crippen LogP contribution is 2.44. The Morgan fingerprint density at radius 2 is 2.17 bits per heavy atom. The number of thiophene rings is 1. The molecule has 6 heteroatoms. The van der Waals surface area contributed by atoms with Gasteiger partial charge in [-0.05, 0) is 60.4 Å². The highest BCUT2D eigenvalue weighted by molar-refractivity contribution is 9.10. The van der Waals surface area contributed by atoms with E-state index in [9.17, 15) is 10.1 Å². The van der Waals surface area contributed by atoms with Gasteiger partial charge >= 0.3 is 0 Å². The third-order valence-electron chi connectivity index (χ3n) is 5.90. The molecule has 29 heavy (non-hydrogen) atoms. The number of anilines is 1. The van der Waals surface area contributed by atoms with E-state index in [0.717, 1.165) is 40.2 Å². The Hall–Kier alpha value is -2.10. The first-order valence-corrected chi connectivity index (χ1v) is 11.5. The molecule has 1 N–H and O–H groups in total. The van der Waals surface area contributed by atoms with Crippen LogP contribution in [-0.2, 0) is 24.2 Å². The van der Waals surface area contributed by atoms with Crippen molar-refractivity contribution in [3.63, 3.8) is 0 Å². The predicted molar refractivity (Wildman–Crippen MR) is 122 cm³/mol. The molecule has 2 aromatic heterocycles. The van der Waals surface area contributed by atoms with Crippen molar-refractivity contribution in [2.45, 2.75) is 46.6 Å². The Labute approximate surface area is 183 Å². The number of hydrogen-bond donors (Lipinski definition) is 1. The van der Waals surface area contributed by atoms with Crippen LogP contribution in [0.15, 0.2) is 34.9 Å². The molecule has 1 atom stereocenters. The first kappa shape index (κ1) is 20.2. The zero-order valence-electron chi connectivity index (χ0n) is 16.9. The Balaban J connectivity index is 1.54. The van der Waals surface area contributed by atoms with E-state index < -0.39 is 0 Å². The Bertz CT molecular complexity index is 1130. The van der Waals surface area contributed by atoms with Crippen molar-refractivity contribution in [2.75, 3.05) is 5.32 Å². The Kier molecular flexibility index (Phi) is 5.30. The molecule has 2 heterocycles. The summed E-state index contributed by atoms with van der Waals surface area (Å²) in [6.45, 7) is 7.07. The number of carbonyl (C=O) groups excluding carboxylic acids is 1. The maximum atomic E-state index is 12.8. The molecule has 1 aromatic carbocycles. The average Bonchev–Trinajstić information content (AvgIpc) is 3.20. The molecule has 0 spiro atoms. The van der Waals surface area contributed by atoms with Gasteiger partial charge in [-0.1, -0.05) is 36.7 Å². The summed E-state index contributed by atoms with van der Waals surface area (Å²) in [5, 5.41) is 14.5. The van der Waals surface area contributed by atoms with Crippen molar-refractivity contribution in [2.24, 2.45) is 11.3 Å². The Morgan fingerprint density at radius 3 is 2.90 bits per heavy atom. The smallest absolute Gasteiger partial charge is 0.244 e. The van der Waals surface area contributed by atoms with E-state index in [0.29, 0.717) is 16.5 Å². The first-order chi connectivity index (χ1) is 13.8. The van der Waals surface area contributed by atoms with E-state index in [-0.39, 0.29) is 17.9 Å². The maximum Gasteiger partial charge on any atom is 0.244 e. The van der Waals surface area contributed by atoms with Gasteiger partial charge in [0.15, 0.2) is 0 Å². The van der Waals surface area contributed by atoms with Gasteiger partial charge in [0, 0.05) is 26.4 Å². The lowest BCUT2D eigenvalue weighted by Gasteiger charge is -2.33. The van der Waals surface area contributed by atoms with Crippen molar-refractivity contribution in [3.05, 3.63) is 50.9 Å². The summed E-state index contributed by atoms with van der Waals surface area (Å²) in [5.74, 6) is 0.502. The van der Waals surface area contributed by atoms with E-state index in [1.165, 1.54) is 4.88 Å². The molecule has 0 aliphatic heterocycles. The fourth-order valence-corrected chi connectivity index (χ4v) is 5.83. The van der Waals surface area contributed by atoms with E-state index in [1.807, 2.05) is 35.0 Å². The highest BCUT2D eigenvalue weighted by atomic mass is 79.9. The minimum Gasteiger partial charge on any atom is -0.338 e. The van der Waals surface area contributed by atoms with E-state index in [2.05, 4.69) is 48.1 Å². The SMILES string of the molecule is CC(C)(C)C1CCc2c(sc(NC(=O)Cn3ccc4cc(Br)ccc43)c2C#N)C1. The summed E-state index contributed by atoms with van der Waals surface area (Å²) in [6, 6.07) is 10.4. The van der Waals surface area contributed by atoms with Gasteiger partial charge in [0.05, 0.1) is 5.56 Å². The third-order valence-corrected chi connectivity index (χ3v) is 7.56. The fraction of sp³-hybridized carbons (Fsp3) is 0.391. The number of fused-ring (bicyclic) bond motifs is 2. The Morgan fingerprint density at radius 1 is 1.38 bits per heavy atom. The topological polar surface area (TPSA) is 57.8 Å². The van der Waals surface area contributed by atoms with Crippen LogP contribution in [0.4, 0.5) is 5.00 Å². The normalized spacial score (nSPS) is 16.4. The maximum absolute atomic E-state index is 12.8. The molecule has 1 unspecified atom stereocenters. The zero-order chi connectivity index (χ0) is 20.8. The van der Waals surface area contributed by atoms with Crippen LogP contribution in [0, 0.1) is 22.7 Å². The van der Waals surface area contributed by atoms with Gasteiger partial charge in [-0.15, -0.1) is 11.3 Å². The van der Waals surface area contributed by atoms with E-state index in [1.54, 1.807) is 11.3 Å². The van der Waals surface area contributed by atoms with Gasteiger partial charge in [-0.3, -0.25) is 4.79 Å². The highest BCUT2D eigenvalue weighted by Gasteiger charge is 2.32. The van der Waals surface area contributed by atoms with Gasteiger partial charge in [0.1, 0.15) is 17.6 Å². The molecule has 150 valence electrons. The summed E-state index contributed by atoms with van der Waals surface area (Å²) >= 11 is 5.06. The zero-order valence-corrected chi connectivity index (χ0v) is 19.3. The molecule has 3 aromatic rings. The molecule has 0 saturated carbocycles. The van der Waals surface area contributed by atoms with Crippen molar-refractivity contribution in [1.82, 2.24) is 4.57 Å². The lowest BCUT2D eigenvalue weighted by Crippen LogP contribution is -2.26. The molecule has 1 aliphatic carbocycles. The molecule has 0 bridgehead atoms. The predicted octanol–water partition coefficient (Wildman–Crippen LogP) is 6.13. The van der Waals surface area contributed by atoms with E-state index >= 15 is 0 Å². The lowest BCUT2D eigenvalue weighted by atomic mass is 9.72. The second kappa shape index (κ2) is 7.62. The number of carbonyl (C=O) groups is 1. The number of amides is 1. The number of rotatable bonds is 3. The van der Waals surface area contributed by atoms with Crippen LogP contribution in [0.1, 0.15) is 43.2 Å². The molecule has 0 saturated heterocycles. The number of nitriles is 1. The number of benzene rings is 1. The van der Waals surface area contributed by atoms with Crippen LogP contribution in [0.2, 0.25) is 0 Å². The van der Waals surface area contributed by atoms with Crippen molar-refractivity contribution in [1.29, 1.82) is 5.26 Å². The van der Waals surface area contributed by atoms with Crippen LogP contribution in [-0.4, -0.2) is 10.5 Å². The monoisotopic (exact) mass is 469 g/mol. The molecular formula is C23H24BrN3OS. The van der Waals surface area contributed by atoms with Crippen LogP contribution in [0.3, 0.4) is 0 Å². The first-order valence-electron chi connectivity index (χ1n) is 9.85. The number of halogens is 1. The average molecular weight is 470 g/mol.